The molecule has 1 N–H and O–H groups in total. The fourth-order valence-corrected chi connectivity index (χ4v) is 1.48. The van der Waals surface area contributed by atoms with Gasteiger partial charge in [-0.25, -0.2) is 4.98 Å². The molecule has 2 rings (SSSR count). The lowest BCUT2D eigenvalue weighted by Crippen LogP contribution is -1.85. The maximum atomic E-state index is 9.38. The van der Waals surface area contributed by atoms with E-state index in [1.165, 1.54) is 0 Å². The summed E-state index contributed by atoms with van der Waals surface area (Å²) in [4.78, 5) is 4.46. The summed E-state index contributed by atoms with van der Waals surface area (Å²) in [5, 5.41) is 18.9. The molecule has 0 bridgehead atoms. The molecule has 68 valence electrons. The van der Waals surface area contributed by atoms with E-state index in [0.29, 0.717) is 16.1 Å². The van der Waals surface area contributed by atoms with E-state index < -0.39 is 0 Å². The third kappa shape index (κ3) is 1.28. The van der Waals surface area contributed by atoms with Crippen molar-refractivity contribution in [3.05, 3.63) is 30.0 Å². The summed E-state index contributed by atoms with van der Waals surface area (Å²) in [6.45, 7) is 0. The van der Waals surface area contributed by atoms with Crippen molar-refractivity contribution in [2.75, 3.05) is 0 Å². The molecule has 0 aliphatic heterocycles. The molecule has 0 radical (unpaired) electrons. The van der Waals surface area contributed by atoms with Crippen molar-refractivity contribution >= 4 is 23.5 Å². The minimum Gasteiger partial charge on any atom is -0.507 e. The Morgan fingerprint density at radius 1 is 1.29 bits per heavy atom. The number of phenols is 1. The number of pyridine rings is 1. The van der Waals surface area contributed by atoms with Crippen LogP contribution in [0.5, 0.6) is 5.75 Å². The molecular weight excluding hydrogens is 196 g/mol. The summed E-state index contributed by atoms with van der Waals surface area (Å²) < 4.78 is 0. The van der Waals surface area contributed by atoms with E-state index in [9.17, 15) is 5.11 Å². The zero-order valence-corrected chi connectivity index (χ0v) is 7.99. The second-order valence-electron chi connectivity index (χ2n) is 2.81. The SMILES string of the molecule is N#Cc1ccc2ccc(O)c(S)c2n1. The number of aromatic nitrogens is 1. The molecule has 4 heteroatoms. The Morgan fingerprint density at radius 2 is 2.00 bits per heavy atom. The quantitative estimate of drug-likeness (QED) is 0.643. The Bertz CT molecular complexity index is 546. The van der Waals surface area contributed by atoms with Crippen LogP contribution >= 0.6 is 12.6 Å². The van der Waals surface area contributed by atoms with E-state index in [-0.39, 0.29) is 5.75 Å². The van der Waals surface area contributed by atoms with Crippen LogP contribution in [0.4, 0.5) is 0 Å². The van der Waals surface area contributed by atoms with Crippen LogP contribution in [0.2, 0.25) is 0 Å². The van der Waals surface area contributed by atoms with E-state index in [0.717, 1.165) is 5.39 Å². The average Bonchev–Trinajstić information content (AvgIpc) is 2.23. The first-order valence-electron chi connectivity index (χ1n) is 3.94. The predicted octanol–water partition coefficient (Wildman–Crippen LogP) is 2.10. The third-order valence-corrected chi connectivity index (χ3v) is 2.37. The molecule has 0 aliphatic rings. The number of nitrogens with zero attached hydrogens (tertiary/aromatic N) is 2. The van der Waals surface area contributed by atoms with E-state index >= 15 is 0 Å². The highest BCUT2D eigenvalue weighted by Gasteiger charge is 2.05. The van der Waals surface area contributed by atoms with Crippen LogP contribution in [0.1, 0.15) is 5.69 Å². The van der Waals surface area contributed by atoms with Gasteiger partial charge in [-0.05, 0) is 24.3 Å². The molecule has 1 heterocycles. The van der Waals surface area contributed by atoms with Gasteiger partial charge < -0.3 is 5.11 Å². The van der Waals surface area contributed by atoms with Crippen LogP contribution in [0.25, 0.3) is 10.9 Å². The summed E-state index contributed by atoms with van der Waals surface area (Å²) >= 11 is 4.13. The Labute approximate surface area is 86.0 Å². The fourth-order valence-electron chi connectivity index (χ4n) is 1.23. The molecule has 1 aromatic heterocycles. The Kier molecular flexibility index (Phi) is 2.02. The largest absolute Gasteiger partial charge is 0.507 e. The maximum absolute atomic E-state index is 9.38. The summed E-state index contributed by atoms with van der Waals surface area (Å²) in [6.07, 6.45) is 0. The van der Waals surface area contributed by atoms with E-state index in [1.54, 1.807) is 24.3 Å². The first-order chi connectivity index (χ1) is 6.72. The number of phenolic OH excluding ortho intramolecular Hbond substituents is 1. The van der Waals surface area contributed by atoms with Crippen molar-refractivity contribution in [3.63, 3.8) is 0 Å². The van der Waals surface area contributed by atoms with Crippen LogP contribution in [-0.2, 0) is 0 Å². The highest BCUT2D eigenvalue weighted by atomic mass is 32.1. The molecule has 0 spiro atoms. The van der Waals surface area contributed by atoms with Crippen molar-refractivity contribution in [2.24, 2.45) is 0 Å². The van der Waals surface area contributed by atoms with Gasteiger partial charge in [0.05, 0.1) is 10.4 Å². The summed E-state index contributed by atoms with van der Waals surface area (Å²) in [5.74, 6) is 0.0726. The van der Waals surface area contributed by atoms with Crippen LogP contribution in [-0.4, -0.2) is 10.1 Å². The standard InChI is InChI=1S/C10H6N2OS/c11-5-7-3-1-6-2-4-8(13)10(14)9(6)12-7/h1-4,13-14H. The predicted molar refractivity (Wildman–Crippen MR) is 55.4 cm³/mol. The van der Waals surface area contributed by atoms with Crippen LogP contribution in [0.15, 0.2) is 29.2 Å². The van der Waals surface area contributed by atoms with Crippen molar-refractivity contribution in [3.8, 4) is 11.8 Å². The van der Waals surface area contributed by atoms with Crippen LogP contribution < -0.4 is 0 Å². The maximum Gasteiger partial charge on any atom is 0.141 e. The van der Waals surface area contributed by atoms with Gasteiger partial charge in [0.25, 0.3) is 0 Å². The van der Waals surface area contributed by atoms with Gasteiger partial charge in [0.2, 0.25) is 0 Å². The highest BCUT2D eigenvalue weighted by Crippen LogP contribution is 2.28. The molecular formula is C10H6N2OS. The molecule has 0 unspecified atom stereocenters. The van der Waals surface area contributed by atoms with Gasteiger partial charge in [0, 0.05) is 5.39 Å². The molecule has 0 atom stereocenters. The number of rotatable bonds is 0. The van der Waals surface area contributed by atoms with Crippen molar-refractivity contribution in [1.29, 1.82) is 5.26 Å². The van der Waals surface area contributed by atoms with Crippen molar-refractivity contribution in [2.45, 2.75) is 4.90 Å². The van der Waals surface area contributed by atoms with Gasteiger partial charge in [-0.1, -0.05) is 0 Å². The Morgan fingerprint density at radius 3 is 2.71 bits per heavy atom. The highest BCUT2D eigenvalue weighted by molar-refractivity contribution is 7.80. The van der Waals surface area contributed by atoms with E-state index in [1.807, 2.05) is 6.07 Å². The van der Waals surface area contributed by atoms with E-state index in [4.69, 9.17) is 5.26 Å². The zero-order valence-electron chi connectivity index (χ0n) is 7.10. The summed E-state index contributed by atoms with van der Waals surface area (Å²) in [5.41, 5.74) is 0.866. The van der Waals surface area contributed by atoms with Crippen molar-refractivity contribution < 1.29 is 5.11 Å². The lowest BCUT2D eigenvalue weighted by Gasteiger charge is -2.02. The molecule has 0 fully saturated rings. The van der Waals surface area contributed by atoms with Crippen LogP contribution in [0.3, 0.4) is 0 Å². The normalized spacial score (nSPS) is 10.0. The van der Waals surface area contributed by atoms with Gasteiger partial charge in [-0.15, -0.1) is 12.6 Å². The van der Waals surface area contributed by atoms with Crippen LogP contribution in [0, 0.1) is 11.3 Å². The lowest BCUT2D eigenvalue weighted by molar-refractivity contribution is 0.464. The zero-order chi connectivity index (χ0) is 10.1. The third-order valence-electron chi connectivity index (χ3n) is 1.93. The lowest BCUT2D eigenvalue weighted by atomic mass is 10.2. The minimum absolute atomic E-state index is 0.0726. The number of nitriles is 1. The number of benzene rings is 1. The van der Waals surface area contributed by atoms with Crippen molar-refractivity contribution in [1.82, 2.24) is 4.98 Å². The van der Waals surface area contributed by atoms with Gasteiger partial charge in [0.15, 0.2) is 0 Å². The number of thiol groups is 1. The van der Waals surface area contributed by atoms with E-state index in [2.05, 4.69) is 17.6 Å². The second kappa shape index (κ2) is 3.20. The molecule has 14 heavy (non-hydrogen) atoms. The summed E-state index contributed by atoms with van der Waals surface area (Å²) in [7, 11) is 0. The molecule has 1 aromatic carbocycles. The molecule has 0 aliphatic carbocycles. The smallest absolute Gasteiger partial charge is 0.141 e. The Balaban J connectivity index is 2.86. The number of hydrogen-bond acceptors (Lipinski definition) is 4. The molecule has 2 aromatic rings. The van der Waals surface area contributed by atoms with Gasteiger partial charge in [-0.2, -0.15) is 5.26 Å². The fraction of sp³-hybridized carbons (Fsp3) is 0. The van der Waals surface area contributed by atoms with Gasteiger partial charge in [-0.3, -0.25) is 0 Å². The number of fused-ring (bicyclic) bond motifs is 1. The second-order valence-corrected chi connectivity index (χ2v) is 3.26. The number of hydrogen-bond donors (Lipinski definition) is 2. The topological polar surface area (TPSA) is 56.9 Å². The Hall–Kier alpha value is -1.73. The molecule has 0 saturated heterocycles. The molecule has 0 amide bonds. The summed E-state index contributed by atoms with van der Waals surface area (Å²) in [6, 6.07) is 8.64. The van der Waals surface area contributed by atoms with Gasteiger partial charge >= 0.3 is 0 Å². The minimum atomic E-state index is 0.0726. The first-order valence-corrected chi connectivity index (χ1v) is 4.39. The average molecular weight is 202 g/mol. The van der Waals surface area contributed by atoms with Gasteiger partial charge in [0.1, 0.15) is 17.5 Å². The molecule has 3 nitrogen and oxygen atoms in total. The molecule has 0 saturated carbocycles. The first kappa shape index (κ1) is 8.85. The monoisotopic (exact) mass is 202 g/mol. The number of aromatic hydroxyl groups is 1.